The summed E-state index contributed by atoms with van der Waals surface area (Å²) in [6.45, 7) is 0. The highest BCUT2D eigenvalue weighted by Gasteiger charge is 2.03. The van der Waals surface area contributed by atoms with Crippen LogP contribution >= 0.6 is 0 Å². The molecule has 0 saturated heterocycles. The minimum Gasteiger partial charge on any atom is -0.478 e. The number of carbonyl (C=O) groups is 1. The SMILES string of the molecule is N#C/C(=C/C(=O)O)c1cccc(F)c1. The van der Waals surface area contributed by atoms with Crippen LogP contribution in [0.5, 0.6) is 0 Å². The highest BCUT2D eigenvalue weighted by atomic mass is 19.1. The summed E-state index contributed by atoms with van der Waals surface area (Å²) in [5.41, 5.74) is 0.187. The molecule has 3 nitrogen and oxygen atoms in total. The number of rotatable bonds is 2. The van der Waals surface area contributed by atoms with Crippen molar-refractivity contribution in [3.8, 4) is 6.07 Å². The van der Waals surface area contributed by atoms with Crippen molar-refractivity contribution in [3.63, 3.8) is 0 Å². The predicted octanol–water partition coefficient (Wildman–Crippen LogP) is 1.82. The van der Waals surface area contributed by atoms with Gasteiger partial charge in [-0.2, -0.15) is 5.26 Å². The van der Waals surface area contributed by atoms with Crippen molar-refractivity contribution in [2.24, 2.45) is 0 Å². The first-order chi connectivity index (χ1) is 6.63. The minimum absolute atomic E-state index is 0.0722. The van der Waals surface area contributed by atoms with Gasteiger partial charge in [0.1, 0.15) is 11.9 Å². The molecule has 70 valence electrons. The zero-order valence-corrected chi connectivity index (χ0v) is 7.07. The Morgan fingerprint density at radius 1 is 1.57 bits per heavy atom. The van der Waals surface area contributed by atoms with Crippen molar-refractivity contribution in [1.29, 1.82) is 5.26 Å². The van der Waals surface area contributed by atoms with Crippen molar-refractivity contribution in [3.05, 3.63) is 41.7 Å². The molecule has 0 heterocycles. The Balaban J connectivity index is 3.15. The van der Waals surface area contributed by atoms with Gasteiger partial charge in [0.15, 0.2) is 0 Å². The molecule has 14 heavy (non-hydrogen) atoms. The van der Waals surface area contributed by atoms with Gasteiger partial charge in [0.05, 0.1) is 5.57 Å². The Kier molecular flexibility index (Phi) is 2.97. The maximum Gasteiger partial charge on any atom is 0.329 e. The summed E-state index contributed by atoms with van der Waals surface area (Å²) < 4.78 is 12.7. The Labute approximate surface area is 79.7 Å². The van der Waals surface area contributed by atoms with Crippen molar-refractivity contribution >= 4 is 11.5 Å². The molecular formula is C10H6FNO2. The van der Waals surface area contributed by atoms with E-state index in [4.69, 9.17) is 10.4 Å². The molecule has 4 heteroatoms. The quantitative estimate of drug-likeness (QED) is 0.572. The molecule has 0 atom stereocenters. The van der Waals surface area contributed by atoms with Gasteiger partial charge in [-0.15, -0.1) is 0 Å². The molecule has 0 aliphatic heterocycles. The van der Waals surface area contributed by atoms with Crippen molar-refractivity contribution in [2.75, 3.05) is 0 Å². The maximum atomic E-state index is 12.7. The summed E-state index contributed by atoms with van der Waals surface area (Å²) in [5.74, 6) is -1.74. The largest absolute Gasteiger partial charge is 0.478 e. The van der Waals surface area contributed by atoms with E-state index in [2.05, 4.69) is 0 Å². The first kappa shape index (κ1) is 9.93. The molecule has 0 aliphatic rings. The molecule has 0 spiro atoms. The van der Waals surface area contributed by atoms with Gasteiger partial charge in [-0.3, -0.25) is 0 Å². The highest BCUT2D eigenvalue weighted by molar-refractivity contribution is 5.94. The van der Waals surface area contributed by atoms with Crippen LogP contribution in [0.25, 0.3) is 5.57 Å². The molecule has 1 rings (SSSR count). The molecule has 0 aromatic heterocycles. The van der Waals surface area contributed by atoms with E-state index in [0.717, 1.165) is 12.1 Å². The average molecular weight is 191 g/mol. The third-order valence-electron chi connectivity index (χ3n) is 1.52. The Morgan fingerprint density at radius 2 is 2.29 bits per heavy atom. The molecule has 0 amide bonds. The summed E-state index contributed by atoms with van der Waals surface area (Å²) in [6.07, 6.45) is 0.745. The smallest absolute Gasteiger partial charge is 0.329 e. The van der Waals surface area contributed by atoms with Gasteiger partial charge in [0.2, 0.25) is 0 Å². The van der Waals surface area contributed by atoms with Crippen LogP contribution in [0.4, 0.5) is 4.39 Å². The Bertz CT molecular complexity index is 432. The van der Waals surface area contributed by atoms with Gasteiger partial charge in [0.25, 0.3) is 0 Å². The van der Waals surface area contributed by atoms with Gasteiger partial charge >= 0.3 is 5.97 Å². The third kappa shape index (κ3) is 2.42. The van der Waals surface area contributed by atoms with E-state index in [9.17, 15) is 9.18 Å². The maximum absolute atomic E-state index is 12.7. The number of hydrogen-bond donors (Lipinski definition) is 1. The van der Waals surface area contributed by atoms with E-state index in [1.165, 1.54) is 18.2 Å². The number of benzene rings is 1. The molecule has 1 aromatic rings. The van der Waals surface area contributed by atoms with Crippen LogP contribution < -0.4 is 0 Å². The number of hydrogen-bond acceptors (Lipinski definition) is 2. The fourth-order valence-electron chi connectivity index (χ4n) is 0.960. The number of carboxylic acids is 1. The van der Waals surface area contributed by atoms with E-state index in [1.54, 1.807) is 6.07 Å². The standard InChI is InChI=1S/C10H6FNO2/c11-9-3-1-2-7(4-9)8(6-12)5-10(13)14/h1-5H,(H,13,14)/b8-5-. The van der Waals surface area contributed by atoms with E-state index in [1.807, 2.05) is 0 Å². The summed E-state index contributed by atoms with van der Waals surface area (Å²) >= 11 is 0. The Morgan fingerprint density at radius 3 is 2.79 bits per heavy atom. The summed E-state index contributed by atoms with van der Waals surface area (Å²) in [4.78, 5) is 10.3. The molecule has 0 radical (unpaired) electrons. The highest BCUT2D eigenvalue weighted by Crippen LogP contribution is 2.14. The number of allylic oxidation sites excluding steroid dienone is 1. The summed E-state index contributed by atoms with van der Waals surface area (Å²) in [6, 6.07) is 6.91. The number of nitrogens with zero attached hydrogens (tertiary/aromatic N) is 1. The van der Waals surface area contributed by atoms with Crippen LogP contribution in [0.1, 0.15) is 5.56 Å². The molecule has 0 saturated carbocycles. The fraction of sp³-hybridized carbons (Fsp3) is 0. The second-order valence-corrected chi connectivity index (χ2v) is 2.52. The second-order valence-electron chi connectivity index (χ2n) is 2.52. The summed E-state index contributed by atoms with van der Waals surface area (Å²) in [7, 11) is 0. The van der Waals surface area contributed by atoms with Crippen LogP contribution in [0, 0.1) is 17.1 Å². The van der Waals surface area contributed by atoms with E-state index < -0.39 is 11.8 Å². The lowest BCUT2D eigenvalue weighted by Gasteiger charge is -1.96. The van der Waals surface area contributed by atoms with Crippen molar-refractivity contribution in [2.45, 2.75) is 0 Å². The lowest BCUT2D eigenvalue weighted by molar-refractivity contribution is -0.131. The van der Waals surface area contributed by atoms with Crippen LogP contribution in [-0.2, 0) is 4.79 Å². The number of halogens is 1. The molecule has 0 bridgehead atoms. The van der Waals surface area contributed by atoms with Gasteiger partial charge in [-0.25, -0.2) is 9.18 Å². The normalized spacial score (nSPS) is 10.7. The molecule has 0 aliphatic carbocycles. The number of aliphatic carboxylic acids is 1. The van der Waals surface area contributed by atoms with Crippen molar-refractivity contribution in [1.82, 2.24) is 0 Å². The van der Waals surface area contributed by atoms with Gasteiger partial charge in [0, 0.05) is 6.08 Å². The Hall–Kier alpha value is -2.15. The van der Waals surface area contributed by atoms with Gasteiger partial charge < -0.3 is 5.11 Å². The lowest BCUT2D eigenvalue weighted by atomic mass is 10.1. The lowest BCUT2D eigenvalue weighted by Crippen LogP contribution is -1.91. The predicted molar refractivity (Wildman–Crippen MR) is 47.6 cm³/mol. The molecular weight excluding hydrogens is 185 g/mol. The average Bonchev–Trinajstić information content (AvgIpc) is 2.14. The minimum atomic E-state index is -1.23. The van der Waals surface area contributed by atoms with E-state index in [0.29, 0.717) is 0 Å². The topological polar surface area (TPSA) is 61.1 Å². The monoisotopic (exact) mass is 191 g/mol. The fourth-order valence-corrected chi connectivity index (χ4v) is 0.960. The second kappa shape index (κ2) is 4.19. The van der Waals surface area contributed by atoms with E-state index in [-0.39, 0.29) is 11.1 Å². The number of carboxylic acid groups (broad SMARTS) is 1. The van der Waals surface area contributed by atoms with E-state index >= 15 is 0 Å². The third-order valence-corrected chi connectivity index (χ3v) is 1.52. The zero-order chi connectivity index (χ0) is 10.6. The van der Waals surface area contributed by atoms with Gasteiger partial charge in [-0.1, -0.05) is 12.1 Å². The van der Waals surface area contributed by atoms with Crippen LogP contribution in [0.15, 0.2) is 30.3 Å². The molecule has 1 aromatic carbocycles. The van der Waals surface area contributed by atoms with Gasteiger partial charge in [-0.05, 0) is 17.7 Å². The zero-order valence-electron chi connectivity index (χ0n) is 7.07. The van der Waals surface area contributed by atoms with Crippen LogP contribution in [0.2, 0.25) is 0 Å². The van der Waals surface area contributed by atoms with Crippen molar-refractivity contribution < 1.29 is 14.3 Å². The number of nitriles is 1. The first-order valence-electron chi connectivity index (χ1n) is 3.74. The van der Waals surface area contributed by atoms with Crippen LogP contribution in [0.3, 0.4) is 0 Å². The summed E-state index contributed by atoms with van der Waals surface area (Å²) in [5, 5.41) is 17.0. The molecule has 1 N–H and O–H groups in total. The first-order valence-corrected chi connectivity index (χ1v) is 3.74. The molecule has 0 fully saturated rings. The van der Waals surface area contributed by atoms with Crippen LogP contribution in [-0.4, -0.2) is 11.1 Å². The molecule has 0 unspecified atom stereocenters.